The van der Waals surface area contributed by atoms with E-state index in [9.17, 15) is 19.2 Å². The minimum atomic E-state index is -0.748. The van der Waals surface area contributed by atoms with E-state index < -0.39 is 23.5 Å². The number of carbonyl (C=O) groups is 4. The van der Waals surface area contributed by atoms with Crippen molar-refractivity contribution >= 4 is 23.5 Å². The zero-order valence-electron chi connectivity index (χ0n) is 21.2. The number of carbonyl (C=O) groups excluding carboxylic acids is 4. The molecule has 2 aromatic carbocycles. The van der Waals surface area contributed by atoms with Gasteiger partial charge in [-0.25, -0.2) is 9.59 Å². The Morgan fingerprint density at radius 2 is 0.971 bits per heavy atom. The molecule has 0 saturated heterocycles. The highest BCUT2D eigenvalue weighted by Crippen LogP contribution is 2.32. The number of ketones is 2. The van der Waals surface area contributed by atoms with E-state index in [0.29, 0.717) is 12.8 Å². The van der Waals surface area contributed by atoms with Crippen LogP contribution in [0.5, 0.6) is 0 Å². The number of esters is 2. The van der Waals surface area contributed by atoms with Crippen molar-refractivity contribution in [2.24, 2.45) is 0 Å². The molecule has 0 aliphatic rings. The Labute approximate surface area is 208 Å². The topological polar surface area (TPSA) is 86.7 Å². The first-order chi connectivity index (χ1) is 16.7. The minimum Gasteiger partial charge on any atom is -0.460 e. The summed E-state index contributed by atoms with van der Waals surface area (Å²) in [7, 11) is 0. The van der Waals surface area contributed by atoms with Crippen molar-refractivity contribution < 1.29 is 28.7 Å². The zero-order valence-corrected chi connectivity index (χ0v) is 21.2. The molecule has 6 nitrogen and oxygen atoms in total. The quantitative estimate of drug-likeness (QED) is 0.217. The van der Waals surface area contributed by atoms with E-state index in [4.69, 9.17) is 9.47 Å². The third kappa shape index (κ3) is 8.46. The van der Waals surface area contributed by atoms with Gasteiger partial charge in [-0.15, -0.1) is 0 Å². The molecule has 188 valence electrons. The van der Waals surface area contributed by atoms with Crippen LogP contribution in [0.15, 0.2) is 48.5 Å². The predicted octanol–water partition coefficient (Wildman–Crippen LogP) is 4.92. The fraction of sp³-hybridized carbons (Fsp3) is 0.448. The second-order valence-electron chi connectivity index (χ2n) is 9.05. The first-order valence-electron chi connectivity index (χ1n) is 12.3. The zero-order chi connectivity index (χ0) is 25.8. The molecule has 6 heteroatoms. The number of ether oxygens (including phenoxy) is 2. The third-order valence-corrected chi connectivity index (χ3v) is 6.13. The molecule has 0 unspecified atom stereocenters. The van der Waals surface area contributed by atoms with Crippen molar-refractivity contribution in [2.45, 2.75) is 71.6 Å². The van der Waals surface area contributed by atoms with E-state index in [0.717, 1.165) is 24.0 Å². The summed E-state index contributed by atoms with van der Waals surface area (Å²) in [5.74, 6) is -2.48. The van der Waals surface area contributed by atoms with Crippen LogP contribution in [-0.4, -0.2) is 36.7 Å². The van der Waals surface area contributed by atoms with Crippen LogP contribution in [0, 0.1) is 0 Å². The van der Waals surface area contributed by atoms with Gasteiger partial charge in [0.15, 0.2) is 0 Å². The maximum Gasteiger partial charge on any atom is 0.374 e. The van der Waals surface area contributed by atoms with E-state index in [1.54, 1.807) is 13.8 Å². The SMILES string of the molecule is CCC(=O)C(=O)OCCCc1ccc(C(C)(C)c2ccc(CCCOC(=O)C(=O)CC)cc2)cc1. The number of rotatable bonds is 14. The highest BCUT2D eigenvalue weighted by atomic mass is 16.5. The molecule has 0 spiro atoms. The molecule has 2 rings (SSSR count). The summed E-state index contributed by atoms with van der Waals surface area (Å²) in [6, 6.07) is 16.9. The lowest BCUT2D eigenvalue weighted by Gasteiger charge is -2.26. The van der Waals surface area contributed by atoms with Gasteiger partial charge in [0.1, 0.15) is 0 Å². The Morgan fingerprint density at radius 3 is 1.29 bits per heavy atom. The highest BCUT2D eigenvalue weighted by molar-refractivity contribution is 6.33. The van der Waals surface area contributed by atoms with E-state index in [1.807, 2.05) is 0 Å². The molecule has 35 heavy (non-hydrogen) atoms. The monoisotopic (exact) mass is 480 g/mol. The van der Waals surface area contributed by atoms with E-state index in [2.05, 4.69) is 62.4 Å². The Hall–Kier alpha value is -3.28. The molecular formula is C29H36O6. The number of hydrogen-bond acceptors (Lipinski definition) is 6. The first kappa shape index (κ1) is 28.0. The summed E-state index contributed by atoms with van der Waals surface area (Å²) in [5, 5.41) is 0. The first-order valence-corrected chi connectivity index (χ1v) is 12.3. The second kappa shape index (κ2) is 13.6. The van der Waals surface area contributed by atoms with Crippen LogP contribution in [0.1, 0.15) is 75.6 Å². The fourth-order valence-corrected chi connectivity index (χ4v) is 3.67. The van der Waals surface area contributed by atoms with Crippen molar-refractivity contribution in [1.82, 2.24) is 0 Å². The molecule has 2 aromatic rings. The van der Waals surface area contributed by atoms with Crippen LogP contribution in [-0.2, 0) is 46.9 Å². The van der Waals surface area contributed by atoms with Crippen LogP contribution in [0.25, 0.3) is 0 Å². The van der Waals surface area contributed by atoms with Gasteiger partial charge in [0.25, 0.3) is 0 Å². The van der Waals surface area contributed by atoms with Gasteiger partial charge < -0.3 is 9.47 Å². The minimum absolute atomic E-state index is 0.165. The predicted molar refractivity (Wildman–Crippen MR) is 134 cm³/mol. The average molecular weight is 481 g/mol. The number of Topliss-reactive ketones (excluding diaryl/α,β-unsaturated/α-hetero) is 2. The maximum absolute atomic E-state index is 11.4. The van der Waals surface area contributed by atoms with E-state index in [-0.39, 0.29) is 31.5 Å². The molecule has 0 heterocycles. The molecule has 0 bridgehead atoms. The summed E-state index contributed by atoms with van der Waals surface area (Å²) in [6.45, 7) is 8.13. The molecule has 0 atom stereocenters. The lowest BCUT2D eigenvalue weighted by atomic mass is 9.77. The Bertz CT molecular complexity index is 921. The van der Waals surface area contributed by atoms with Gasteiger partial charge in [0, 0.05) is 18.3 Å². The summed E-state index contributed by atoms with van der Waals surface area (Å²) in [5.41, 5.74) is 4.52. The molecule has 0 aliphatic carbocycles. The molecule has 0 N–H and O–H groups in total. The van der Waals surface area contributed by atoms with Gasteiger partial charge in [-0.1, -0.05) is 76.2 Å². The van der Waals surface area contributed by atoms with Gasteiger partial charge in [-0.3, -0.25) is 9.59 Å². The van der Waals surface area contributed by atoms with Crippen molar-refractivity contribution in [1.29, 1.82) is 0 Å². The van der Waals surface area contributed by atoms with Crippen molar-refractivity contribution in [3.05, 3.63) is 70.8 Å². The lowest BCUT2D eigenvalue weighted by molar-refractivity contribution is -0.153. The second-order valence-corrected chi connectivity index (χ2v) is 9.05. The van der Waals surface area contributed by atoms with Crippen LogP contribution >= 0.6 is 0 Å². The smallest absolute Gasteiger partial charge is 0.374 e. The van der Waals surface area contributed by atoms with Gasteiger partial charge in [0.2, 0.25) is 11.6 Å². The highest BCUT2D eigenvalue weighted by Gasteiger charge is 2.23. The van der Waals surface area contributed by atoms with E-state index >= 15 is 0 Å². The van der Waals surface area contributed by atoms with Gasteiger partial charge in [0.05, 0.1) is 13.2 Å². The van der Waals surface area contributed by atoms with Gasteiger partial charge >= 0.3 is 11.9 Å². The standard InChI is InChI=1S/C29H36O6/c1-5-25(30)27(32)34-19-7-9-21-11-15-23(16-12-21)29(3,4)24-17-13-22(14-18-24)10-8-20-35-28(33)26(31)6-2/h11-18H,5-10,19-20H2,1-4H3. The van der Waals surface area contributed by atoms with Crippen LogP contribution in [0.4, 0.5) is 0 Å². The Morgan fingerprint density at radius 1 is 0.629 bits per heavy atom. The van der Waals surface area contributed by atoms with E-state index in [1.165, 1.54) is 11.1 Å². The molecule has 0 saturated carbocycles. The fourth-order valence-electron chi connectivity index (χ4n) is 3.67. The summed E-state index contributed by atoms with van der Waals surface area (Å²) in [6.07, 6.45) is 3.20. The molecule has 0 amide bonds. The normalized spacial score (nSPS) is 11.1. The number of benzene rings is 2. The third-order valence-electron chi connectivity index (χ3n) is 6.13. The van der Waals surface area contributed by atoms with Gasteiger partial charge in [-0.2, -0.15) is 0 Å². The average Bonchev–Trinajstić information content (AvgIpc) is 2.88. The molecule has 0 fully saturated rings. The number of aryl methyl sites for hydroxylation is 2. The Kier molecular flexibility index (Phi) is 10.8. The summed E-state index contributed by atoms with van der Waals surface area (Å²) in [4.78, 5) is 45.3. The van der Waals surface area contributed by atoms with Crippen LogP contribution < -0.4 is 0 Å². The molecular weight excluding hydrogens is 444 g/mol. The molecule has 0 aliphatic heterocycles. The Balaban J connectivity index is 1.85. The molecule has 0 aromatic heterocycles. The number of hydrogen-bond donors (Lipinski definition) is 0. The van der Waals surface area contributed by atoms with Crippen LogP contribution in [0.2, 0.25) is 0 Å². The van der Waals surface area contributed by atoms with Crippen LogP contribution in [0.3, 0.4) is 0 Å². The maximum atomic E-state index is 11.4. The summed E-state index contributed by atoms with van der Waals surface area (Å²) < 4.78 is 9.99. The van der Waals surface area contributed by atoms with Crippen molar-refractivity contribution in [2.75, 3.05) is 13.2 Å². The molecule has 0 radical (unpaired) electrons. The largest absolute Gasteiger partial charge is 0.460 e. The van der Waals surface area contributed by atoms with Crippen molar-refractivity contribution in [3.8, 4) is 0 Å². The summed E-state index contributed by atoms with van der Waals surface area (Å²) >= 11 is 0. The van der Waals surface area contributed by atoms with Gasteiger partial charge in [-0.05, 0) is 47.9 Å². The lowest BCUT2D eigenvalue weighted by Crippen LogP contribution is -2.19. The van der Waals surface area contributed by atoms with Crippen molar-refractivity contribution in [3.63, 3.8) is 0 Å².